The molecule has 0 bridgehead atoms. The average molecular weight is 512 g/mol. The van der Waals surface area contributed by atoms with Gasteiger partial charge in [-0.25, -0.2) is 9.78 Å². The Morgan fingerprint density at radius 2 is 2.00 bits per heavy atom. The molecule has 162 valence electrons. The molecule has 1 unspecified atom stereocenters. The van der Waals surface area contributed by atoms with Gasteiger partial charge in [-0.15, -0.1) is 11.3 Å². The van der Waals surface area contributed by atoms with Gasteiger partial charge in [-0.1, -0.05) is 15.9 Å². The zero-order valence-corrected chi connectivity index (χ0v) is 20.4. The van der Waals surface area contributed by atoms with Crippen LogP contribution >= 0.6 is 27.3 Å². The van der Waals surface area contributed by atoms with Gasteiger partial charge in [0.05, 0.1) is 16.0 Å². The van der Waals surface area contributed by atoms with Gasteiger partial charge in [-0.05, 0) is 62.8 Å². The van der Waals surface area contributed by atoms with Crippen LogP contribution in [0, 0.1) is 0 Å². The normalized spacial score (nSPS) is 22.7. The summed E-state index contributed by atoms with van der Waals surface area (Å²) in [7, 11) is 0. The Labute approximate surface area is 193 Å². The summed E-state index contributed by atoms with van der Waals surface area (Å²) in [4.78, 5) is 18.5. The molecule has 0 aliphatic heterocycles. The predicted octanol–water partition coefficient (Wildman–Crippen LogP) is 6.00. The summed E-state index contributed by atoms with van der Waals surface area (Å²) in [5, 5.41) is 4.42. The molecule has 1 atom stereocenters. The van der Waals surface area contributed by atoms with Crippen LogP contribution in [0.1, 0.15) is 63.3 Å². The van der Waals surface area contributed by atoms with Crippen LogP contribution in [0.2, 0.25) is 0 Å². The fourth-order valence-corrected chi connectivity index (χ4v) is 7.09. The lowest BCUT2D eigenvalue weighted by Crippen LogP contribution is -2.38. The van der Waals surface area contributed by atoms with Crippen molar-refractivity contribution in [3.8, 4) is 10.4 Å². The Morgan fingerprint density at radius 3 is 2.67 bits per heavy atom. The SMILES string of the molecule is CC(C)OC(=O)N[C@H]1CC[C@H](c2ncc(-c3ccc(Br)cc3[S+]([O-])C3CC3)s2)CC1. The molecule has 0 spiro atoms. The Hall–Kier alpha value is -1.09. The topological polar surface area (TPSA) is 74.3 Å². The largest absolute Gasteiger partial charge is 0.611 e. The smallest absolute Gasteiger partial charge is 0.407 e. The summed E-state index contributed by atoms with van der Waals surface area (Å²) in [6.45, 7) is 3.71. The molecule has 1 N–H and O–H groups in total. The van der Waals surface area contributed by atoms with E-state index in [-0.39, 0.29) is 18.2 Å². The molecule has 2 aliphatic carbocycles. The van der Waals surface area contributed by atoms with E-state index in [0.717, 1.165) is 63.3 Å². The van der Waals surface area contributed by atoms with Gasteiger partial charge in [0.1, 0.15) is 5.25 Å². The molecular formula is C22H27BrN2O3S2. The second kappa shape index (κ2) is 9.59. The first-order chi connectivity index (χ1) is 14.4. The number of benzene rings is 1. The number of rotatable bonds is 6. The van der Waals surface area contributed by atoms with Crippen molar-refractivity contribution in [1.82, 2.24) is 10.3 Å². The highest BCUT2D eigenvalue weighted by molar-refractivity contribution is 9.10. The average Bonchev–Trinajstić information content (AvgIpc) is 3.44. The first kappa shape index (κ1) is 22.1. The summed E-state index contributed by atoms with van der Waals surface area (Å²) in [5.74, 6) is 0.413. The number of amides is 1. The number of nitrogens with one attached hydrogen (secondary N) is 1. The van der Waals surface area contributed by atoms with E-state index in [1.54, 1.807) is 11.3 Å². The van der Waals surface area contributed by atoms with E-state index in [2.05, 4.69) is 27.3 Å². The third-order valence-electron chi connectivity index (χ3n) is 5.52. The molecule has 1 amide bonds. The van der Waals surface area contributed by atoms with Crippen LogP contribution in [-0.4, -0.2) is 33.0 Å². The van der Waals surface area contributed by atoms with Crippen molar-refractivity contribution in [3.05, 3.63) is 33.9 Å². The van der Waals surface area contributed by atoms with Crippen LogP contribution in [0.5, 0.6) is 0 Å². The van der Waals surface area contributed by atoms with E-state index in [1.807, 2.05) is 32.2 Å². The summed E-state index contributed by atoms with van der Waals surface area (Å²) in [6, 6.07) is 6.23. The van der Waals surface area contributed by atoms with Crippen LogP contribution in [0.3, 0.4) is 0 Å². The molecule has 0 radical (unpaired) electrons. The van der Waals surface area contributed by atoms with E-state index in [0.29, 0.717) is 11.2 Å². The third kappa shape index (κ3) is 5.39. The molecule has 8 heteroatoms. The molecule has 5 nitrogen and oxygen atoms in total. The molecule has 2 saturated carbocycles. The maximum Gasteiger partial charge on any atom is 0.407 e. The Bertz CT molecular complexity index is 892. The van der Waals surface area contributed by atoms with Crippen LogP contribution < -0.4 is 5.32 Å². The summed E-state index contributed by atoms with van der Waals surface area (Å²) < 4.78 is 19.0. The lowest BCUT2D eigenvalue weighted by atomic mass is 9.86. The number of carbonyl (C=O) groups is 1. The summed E-state index contributed by atoms with van der Waals surface area (Å²) in [5.41, 5.74) is 1.04. The highest BCUT2D eigenvalue weighted by Crippen LogP contribution is 2.42. The van der Waals surface area contributed by atoms with Gasteiger partial charge in [0.15, 0.2) is 4.90 Å². The van der Waals surface area contributed by atoms with Crippen LogP contribution in [0.25, 0.3) is 10.4 Å². The second-order valence-corrected chi connectivity index (χ2v) is 12.0. The van der Waals surface area contributed by atoms with E-state index in [9.17, 15) is 9.35 Å². The minimum atomic E-state index is -0.960. The number of carbonyl (C=O) groups excluding carboxylic acids is 1. The molecule has 2 aromatic rings. The highest BCUT2D eigenvalue weighted by Gasteiger charge is 2.37. The minimum absolute atomic E-state index is 0.104. The van der Waals surface area contributed by atoms with Gasteiger partial charge in [0.25, 0.3) is 0 Å². The van der Waals surface area contributed by atoms with Gasteiger partial charge in [-0.2, -0.15) is 0 Å². The number of hydrogen-bond donors (Lipinski definition) is 1. The van der Waals surface area contributed by atoms with E-state index >= 15 is 0 Å². The zero-order chi connectivity index (χ0) is 21.3. The summed E-state index contributed by atoms with van der Waals surface area (Å²) >= 11 is 4.28. The van der Waals surface area contributed by atoms with Crippen molar-refractivity contribution in [1.29, 1.82) is 0 Å². The number of halogens is 1. The predicted molar refractivity (Wildman–Crippen MR) is 124 cm³/mol. The standard InChI is InChI=1S/C22H27BrN2O3S2/c1-13(2)28-22(26)25-16-6-3-14(4-7-16)21-24-12-19(29-21)18-10-5-15(23)11-20(18)30(27)17-8-9-17/h5,10-14,16-17H,3-4,6-9H2,1-2H3,(H,25,26)/t14-,16-,30?. The van der Waals surface area contributed by atoms with Crippen molar-refractivity contribution in [2.24, 2.45) is 0 Å². The van der Waals surface area contributed by atoms with Crippen molar-refractivity contribution in [2.45, 2.75) is 80.6 Å². The molecular weight excluding hydrogens is 484 g/mol. The molecule has 1 aromatic carbocycles. The van der Waals surface area contributed by atoms with Gasteiger partial charge >= 0.3 is 6.09 Å². The molecule has 4 rings (SSSR count). The van der Waals surface area contributed by atoms with Gasteiger partial charge < -0.3 is 14.6 Å². The monoisotopic (exact) mass is 510 g/mol. The van der Waals surface area contributed by atoms with Crippen molar-refractivity contribution in [3.63, 3.8) is 0 Å². The summed E-state index contributed by atoms with van der Waals surface area (Å²) in [6.07, 6.45) is 7.47. The highest BCUT2D eigenvalue weighted by atomic mass is 79.9. The van der Waals surface area contributed by atoms with Crippen LogP contribution in [0.4, 0.5) is 4.79 Å². The van der Waals surface area contributed by atoms with Crippen LogP contribution in [-0.2, 0) is 15.9 Å². The quantitative estimate of drug-likeness (QED) is 0.483. The zero-order valence-electron chi connectivity index (χ0n) is 17.2. The van der Waals surface area contributed by atoms with Crippen molar-refractivity contribution < 1.29 is 14.1 Å². The number of ether oxygens (including phenoxy) is 1. The number of thiazole rings is 1. The third-order valence-corrected chi connectivity index (χ3v) is 9.05. The Balaban J connectivity index is 1.41. The van der Waals surface area contributed by atoms with Gasteiger partial charge in [-0.3, -0.25) is 0 Å². The molecule has 2 fully saturated rings. The maximum atomic E-state index is 12.9. The van der Waals surface area contributed by atoms with E-state index in [1.165, 1.54) is 0 Å². The first-order valence-corrected chi connectivity index (χ1v) is 13.4. The first-order valence-electron chi connectivity index (χ1n) is 10.5. The maximum absolute atomic E-state index is 12.9. The van der Waals surface area contributed by atoms with Crippen molar-refractivity contribution >= 4 is 44.5 Å². The number of nitrogens with zero attached hydrogens (tertiary/aromatic N) is 1. The molecule has 1 heterocycles. The fourth-order valence-electron chi connectivity index (χ4n) is 3.83. The second-order valence-electron chi connectivity index (χ2n) is 8.35. The number of aromatic nitrogens is 1. The number of hydrogen-bond acceptors (Lipinski definition) is 5. The minimum Gasteiger partial charge on any atom is -0.611 e. The van der Waals surface area contributed by atoms with E-state index in [4.69, 9.17) is 9.72 Å². The molecule has 0 saturated heterocycles. The Morgan fingerprint density at radius 1 is 1.27 bits per heavy atom. The molecule has 1 aromatic heterocycles. The molecule has 30 heavy (non-hydrogen) atoms. The molecule has 2 aliphatic rings. The lowest BCUT2D eigenvalue weighted by molar-refractivity contribution is 0.109. The number of alkyl carbamates (subject to hydrolysis) is 1. The fraction of sp³-hybridized carbons (Fsp3) is 0.545. The van der Waals surface area contributed by atoms with Gasteiger partial charge in [0.2, 0.25) is 0 Å². The van der Waals surface area contributed by atoms with Gasteiger partial charge in [0, 0.05) is 47.1 Å². The Kier molecular flexibility index (Phi) is 7.07. The van der Waals surface area contributed by atoms with Crippen LogP contribution in [0.15, 0.2) is 33.8 Å². The van der Waals surface area contributed by atoms with Crippen molar-refractivity contribution in [2.75, 3.05) is 0 Å². The lowest BCUT2D eigenvalue weighted by Gasteiger charge is -2.28. The van der Waals surface area contributed by atoms with E-state index < -0.39 is 11.2 Å².